The summed E-state index contributed by atoms with van der Waals surface area (Å²) in [6.07, 6.45) is 0.638. The van der Waals surface area contributed by atoms with Gasteiger partial charge in [0.15, 0.2) is 0 Å². The number of amides is 2. The maximum Gasteiger partial charge on any atom is 0.410 e. The molecule has 0 atom stereocenters. The number of piperidine rings is 1. The van der Waals surface area contributed by atoms with E-state index in [2.05, 4.69) is 5.32 Å². The smallest absolute Gasteiger partial charge is 0.410 e. The van der Waals surface area contributed by atoms with E-state index in [1.165, 1.54) is 0 Å². The highest BCUT2D eigenvalue weighted by Gasteiger charge is 2.34. The third-order valence-corrected chi connectivity index (χ3v) is 4.28. The van der Waals surface area contributed by atoms with Gasteiger partial charge in [-0.1, -0.05) is 44.2 Å². The fourth-order valence-electron chi connectivity index (χ4n) is 2.64. The van der Waals surface area contributed by atoms with Crippen LogP contribution in [0.5, 0.6) is 0 Å². The topological polar surface area (TPSA) is 67.9 Å². The monoisotopic (exact) mass is 348 g/mol. The molecule has 2 rings (SSSR count). The number of alkyl carbamates (subject to hydrolysis) is 1. The molecule has 1 aromatic rings. The van der Waals surface area contributed by atoms with E-state index in [9.17, 15) is 9.59 Å². The summed E-state index contributed by atoms with van der Waals surface area (Å²) in [5.74, 6) is 0.305. The number of benzene rings is 1. The summed E-state index contributed by atoms with van der Waals surface area (Å²) in [4.78, 5) is 25.7. The molecule has 0 unspecified atom stereocenters. The Labute approximate surface area is 149 Å². The Morgan fingerprint density at radius 3 is 2.40 bits per heavy atom. The number of nitrogens with one attached hydrogen (secondary N) is 1. The molecule has 0 radical (unpaired) electrons. The van der Waals surface area contributed by atoms with Gasteiger partial charge in [-0.15, -0.1) is 0 Å². The van der Waals surface area contributed by atoms with Gasteiger partial charge in [-0.2, -0.15) is 0 Å². The van der Waals surface area contributed by atoms with Gasteiger partial charge in [0, 0.05) is 18.6 Å². The Morgan fingerprint density at radius 2 is 1.80 bits per heavy atom. The first-order chi connectivity index (χ1) is 11.9. The van der Waals surface area contributed by atoms with Crippen LogP contribution in [0.1, 0.15) is 39.2 Å². The van der Waals surface area contributed by atoms with Crippen molar-refractivity contribution < 1.29 is 19.1 Å². The molecule has 0 aliphatic carbocycles. The first kappa shape index (κ1) is 19.1. The Bertz CT molecular complexity index is 566. The molecule has 138 valence electrons. The lowest BCUT2D eigenvalue weighted by Crippen LogP contribution is -2.54. The van der Waals surface area contributed by atoms with Gasteiger partial charge in [0.05, 0.1) is 6.61 Å². The molecule has 25 heavy (non-hydrogen) atoms. The Morgan fingerprint density at radius 1 is 1.16 bits per heavy atom. The molecule has 1 fully saturated rings. The predicted molar refractivity (Wildman–Crippen MR) is 95.2 cm³/mol. The Kier molecular flexibility index (Phi) is 6.67. The molecule has 0 saturated carbocycles. The highest BCUT2D eigenvalue weighted by molar-refractivity contribution is 5.69. The summed E-state index contributed by atoms with van der Waals surface area (Å²) in [5.41, 5.74) is 0.608. The number of rotatable bonds is 5. The molecule has 1 aromatic carbocycles. The van der Waals surface area contributed by atoms with Crippen molar-refractivity contribution in [1.29, 1.82) is 0 Å². The largest absolute Gasteiger partial charge is 0.449 e. The Balaban J connectivity index is 1.74. The zero-order valence-corrected chi connectivity index (χ0v) is 15.3. The van der Waals surface area contributed by atoms with Crippen LogP contribution in [0.4, 0.5) is 9.59 Å². The maximum absolute atomic E-state index is 12.2. The van der Waals surface area contributed by atoms with Gasteiger partial charge in [-0.3, -0.25) is 0 Å². The number of likely N-dealkylation sites (tertiary alicyclic amines) is 1. The molecule has 1 heterocycles. The molecule has 2 amide bonds. The van der Waals surface area contributed by atoms with E-state index < -0.39 is 6.09 Å². The van der Waals surface area contributed by atoms with Crippen molar-refractivity contribution in [3.8, 4) is 0 Å². The molecule has 1 N–H and O–H groups in total. The molecule has 1 aliphatic heterocycles. The third-order valence-electron chi connectivity index (χ3n) is 4.28. The molecule has 6 nitrogen and oxygen atoms in total. The van der Waals surface area contributed by atoms with Crippen LogP contribution in [0.2, 0.25) is 0 Å². The zero-order chi connectivity index (χ0) is 18.3. The van der Waals surface area contributed by atoms with Crippen molar-refractivity contribution in [1.82, 2.24) is 10.2 Å². The van der Waals surface area contributed by atoms with E-state index in [4.69, 9.17) is 9.47 Å². The van der Waals surface area contributed by atoms with Gasteiger partial charge in [0.1, 0.15) is 6.61 Å². The highest BCUT2D eigenvalue weighted by atomic mass is 16.6. The summed E-state index contributed by atoms with van der Waals surface area (Å²) in [7, 11) is 0. The summed E-state index contributed by atoms with van der Waals surface area (Å²) in [6, 6.07) is 9.61. The van der Waals surface area contributed by atoms with Crippen LogP contribution in [-0.4, -0.2) is 42.3 Å². The summed E-state index contributed by atoms with van der Waals surface area (Å²) >= 11 is 0. The van der Waals surface area contributed by atoms with E-state index in [-0.39, 0.29) is 18.2 Å². The summed E-state index contributed by atoms with van der Waals surface area (Å²) in [6.45, 7) is 7.75. The molecule has 1 saturated heterocycles. The van der Waals surface area contributed by atoms with Gasteiger partial charge in [-0.25, -0.2) is 9.59 Å². The van der Waals surface area contributed by atoms with Crippen molar-refractivity contribution in [3.05, 3.63) is 35.9 Å². The van der Waals surface area contributed by atoms with Gasteiger partial charge in [-0.05, 0) is 31.2 Å². The zero-order valence-electron chi connectivity index (χ0n) is 15.3. The number of carbonyl (C=O) groups excluding carboxylic acids is 2. The van der Waals surface area contributed by atoms with Gasteiger partial charge in [0.2, 0.25) is 0 Å². The number of carbonyl (C=O) groups is 2. The molecule has 6 heteroatoms. The first-order valence-corrected chi connectivity index (χ1v) is 8.78. The van der Waals surface area contributed by atoms with Crippen LogP contribution in [0.3, 0.4) is 0 Å². The van der Waals surface area contributed by atoms with E-state index in [1.54, 1.807) is 4.90 Å². The number of hydrogen-bond donors (Lipinski definition) is 1. The van der Waals surface area contributed by atoms with Gasteiger partial charge >= 0.3 is 12.2 Å². The average Bonchev–Trinajstić information content (AvgIpc) is 2.59. The minimum absolute atomic E-state index is 0.271. The molecule has 0 spiro atoms. The minimum atomic E-state index is -0.392. The van der Waals surface area contributed by atoms with Crippen LogP contribution in [0, 0.1) is 5.92 Å². The SMILES string of the molecule is CC(C)COC(=O)NC1(C)CCN(C(=O)OCc2ccccc2)CC1. The average molecular weight is 348 g/mol. The fourth-order valence-corrected chi connectivity index (χ4v) is 2.64. The molecule has 0 bridgehead atoms. The van der Waals surface area contributed by atoms with E-state index in [0.717, 1.165) is 5.56 Å². The second-order valence-corrected chi connectivity index (χ2v) is 7.21. The first-order valence-electron chi connectivity index (χ1n) is 8.78. The van der Waals surface area contributed by atoms with Crippen LogP contribution in [0.15, 0.2) is 30.3 Å². The van der Waals surface area contributed by atoms with Crippen LogP contribution in [-0.2, 0) is 16.1 Å². The normalized spacial score (nSPS) is 16.4. The standard InChI is InChI=1S/C19H28N2O4/c1-15(2)13-24-17(22)20-19(3)9-11-21(12-10-19)18(23)25-14-16-7-5-4-6-8-16/h4-8,15H,9-14H2,1-3H3,(H,20,22). The van der Waals surface area contributed by atoms with Gasteiger partial charge < -0.3 is 19.7 Å². The molecular formula is C19H28N2O4. The van der Waals surface area contributed by atoms with Crippen LogP contribution >= 0.6 is 0 Å². The fraction of sp³-hybridized carbons (Fsp3) is 0.579. The predicted octanol–water partition coefficient (Wildman–Crippen LogP) is 3.56. The number of hydrogen-bond acceptors (Lipinski definition) is 4. The van der Waals surface area contributed by atoms with E-state index >= 15 is 0 Å². The molecule has 0 aromatic heterocycles. The minimum Gasteiger partial charge on any atom is -0.449 e. The van der Waals surface area contributed by atoms with Crippen molar-refractivity contribution in [2.24, 2.45) is 5.92 Å². The second kappa shape index (κ2) is 8.74. The lowest BCUT2D eigenvalue weighted by atomic mass is 9.90. The van der Waals surface area contributed by atoms with E-state index in [0.29, 0.717) is 38.5 Å². The molecule has 1 aliphatic rings. The number of nitrogens with zero attached hydrogens (tertiary/aromatic N) is 1. The van der Waals surface area contributed by atoms with Crippen molar-refractivity contribution in [2.75, 3.05) is 19.7 Å². The third kappa shape index (κ3) is 6.29. The summed E-state index contributed by atoms with van der Waals surface area (Å²) < 4.78 is 10.5. The van der Waals surface area contributed by atoms with Crippen LogP contribution < -0.4 is 5.32 Å². The van der Waals surface area contributed by atoms with Gasteiger partial charge in [0.25, 0.3) is 0 Å². The maximum atomic E-state index is 12.2. The van der Waals surface area contributed by atoms with Crippen molar-refractivity contribution >= 4 is 12.2 Å². The van der Waals surface area contributed by atoms with Crippen molar-refractivity contribution in [2.45, 2.75) is 45.8 Å². The van der Waals surface area contributed by atoms with E-state index in [1.807, 2.05) is 51.1 Å². The highest BCUT2D eigenvalue weighted by Crippen LogP contribution is 2.22. The van der Waals surface area contributed by atoms with Crippen molar-refractivity contribution in [3.63, 3.8) is 0 Å². The lowest BCUT2D eigenvalue weighted by Gasteiger charge is -2.39. The second-order valence-electron chi connectivity index (χ2n) is 7.21. The number of ether oxygens (including phenoxy) is 2. The lowest BCUT2D eigenvalue weighted by molar-refractivity contribution is 0.0712. The quantitative estimate of drug-likeness (QED) is 0.883. The summed E-state index contributed by atoms with van der Waals surface area (Å²) in [5, 5.41) is 2.93. The Hall–Kier alpha value is -2.24. The van der Waals surface area contributed by atoms with Crippen LogP contribution in [0.25, 0.3) is 0 Å². The molecular weight excluding hydrogens is 320 g/mol.